The fourth-order valence-electron chi connectivity index (χ4n) is 1.32. The van der Waals surface area contributed by atoms with Crippen LogP contribution in [-0.4, -0.2) is 29.2 Å². The lowest BCUT2D eigenvalue weighted by Crippen LogP contribution is -1.92. The van der Waals surface area contributed by atoms with Crippen LogP contribution in [0.2, 0.25) is 0 Å². The van der Waals surface area contributed by atoms with Gasteiger partial charge in [-0.15, -0.1) is 0 Å². The first-order valence-corrected chi connectivity index (χ1v) is 4.69. The van der Waals surface area contributed by atoms with Crippen LogP contribution < -0.4 is 9.47 Å². The topological polar surface area (TPSA) is 57.1 Å². The summed E-state index contributed by atoms with van der Waals surface area (Å²) in [6.07, 6.45) is 2.91. The maximum atomic E-state index is 5.17. The molecule has 0 N–H and O–H groups in total. The van der Waals surface area contributed by atoms with Gasteiger partial charge in [0.2, 0.25) is 0 Å². The lowest BCUT2D eigenvalue weighted by atomic mass is 10.2. The standard InChI is InChI=1S/C11H11N3O2/c1-15-9-3-8(4-10(5-9)16-2)11-13-6-12-7-14-11/h3-7H,1-2H3. The van der Waals surface area contributed by atoms with Crippen LogP contribution in [0.15, 0.2) is 30.9 Å². The molecule has 5 heteroatoms. The quantitative estimate of drug-likeness (QED) is 0.780. The van der Waals surface area contributed by atoms with Gasteiger partial charge in [0, 0.05) is 11.6 Å². The van der Waals surface area contributed by atoms with E-state index in [4.69, 9.17) is 9.47 Å². The zero-order valence-corrected chi connectivity index (χ0v) is 9.04. The van der Waals surface area contributed by atoms with E-state index in [2.05, 4.69) is 15.0 Å². The average molecular weight is 217 g/mol. The normalized spacial score (nSPS) is 9.88. The van der Waals surface area contributed by atoms with Gasteiger partial charge in [-0.05, 0) is 12.1 Å². The first-order chi connectivity index (χ1) is 7.83. The van der Waals surface area contributed by atoms with Crippen molar-refractivity contribution in [3.8, 4) is 22.9 Å². The first kappa shape index (κ1) is 10.4. The van der Waals surface area contributed by atoms with Crippen molar-refractivity contribution in [2.75, 3.05) is 14.2 Å². The summed E-state index contributed by atoms with van der Waals surface area (Å²) in [5.41, 5.74) is 0.832. The second kappa shape index (κ2) is 4.57. The minimum atomic E-state index is 0.590. The number of hydrogen-bond donors (Lipinski definition) is 0. The molecule has 1 heterocycles. The Morgan fingerprint density at radius 2 is 1.44 bits per heavy atom. The van der Waals surface area contributed by atoms with E-state index in [-0.39, 0.29) is 0 Å². The number of rotatable bonds is 3. The Morgan fingerprint density at radius 3 is 1.94 bits per heavy atom. The van der Waals surface area contributed by atoms with Crippen LogP contribution in [0.3, 0.4) is 0 Å². The largest absolute Gasteiger partial charge is 0.497 e. The molecule has 0 aliphatic heterocycles. The molecule has 0 fully saturated rings. The van der Waals surface area contributed by atoms with E-state index < -0.39 is 0 Å². The van der Waals surface area contributed by atoms with Gasteiger partial charge in [0.1, 0.15) is 24.2 Å². The number of methoxy groups -OCH3 is 2. The Hall–Kier alpha value is -2.17. The highest BCUT2D eigenvalue weighted by molar-refractivity contribution is 5.60. The first-order valence-electron chi connectivity index (χ1n) is 4.69. The molecule has 1 aromatic carbocycles. The van der Waals surface area contributed by atoms with Gasteiger partial charge in [0.15, 0.2) is 5.82 Å². The second-order valence-corrected chi connectivity index (χ2v) is 3.06. The molecule has 5 nitrogen and oxygen atoms in total. The molecule has 16 heavy (non-hydrogen) atoms. The fraction of sp³-hybridized carbons (Fsp3) is 0.182. The van der Waals surface area contributed by atoms with Gasteiger partial charge in [0.25, 0.3) is 0 Å². The van der Waals surface area contributed by atoms with Crippen molar-refractivity contribution in [1.82, 2.24) is 15.0 Å². The minimum Gasteiger partial charge on any atom is -0.497 e. The molecule has 0 spiro atoms. The lowest BCUT2D eigenvalue weighted by molar-refractivity contribution is 0.394. The van der Waals surface area contributed by atoms with E-state index in [1.807, 2.05) is 12.1 Å². The van der Waals surface area contributed by atoms with E-state index in [1.54, 1.807) is 20.3 Å². The number of ether oxygens (including phenoxy) is 2. The molecule has 2 aromatic rings. The Labute approximate surface area is 93.1 Å². The van der Waals surface area contributed by atoms with E-state index in [0.29, 0.717) is 17.3 Å². The van der Waals surface area contributed by atoms with Gasteiger partial charge in [-0.3, -0.25) is 0 Å². The third-order valence-corrected chi connectivity index (χ3v) is 2.10. The molecule has 1 aromatic heterocycles. The molecular formula is C11H11N3O2. The predicted molar refractivity (Wildman–Crippen MR) is 58.4 cm³/mol. The van der Waals surface area contributed by atoms with E-state index in [1.165, 1.54) is 12.7 Å². The minimum absolute atomic E-state index is 0.590. The van der Waals surface area contributed by atoms with Crippen LogP contribution in [0, 0.1) is 0 Å². The van der Waals surface area contributed by atoms with Crippen LogP contribution in [-0.2, 0) is 0 Å². The Bertz CT molecular complexity index is 452. The van der Waals surface area contributed by atoms with Crippen molar-refractivity contribution in [3.05, 3.63) is 30.9 Å². The Kier molecular flexibility index (Phi) is 2.95. The molecule has 0 saturated carbocycles. The van der Waals surface area contributed by atoms with Gasteiger partial charge in [-0.25, -0.2) is 15.0 Å². The van der Waals surface area contributed by atoms with Crippen LogP contribution in [0.1, 0.15) is 0 Å². The Morgan fingerprint density at radius 1 is 0.875 bits per heavy atom. The third-order valence-electron chi connectivity index (χ3n) is 2.10. The van der Waals surface area contributed by atoms with Gasteiger partial charge in [-0.1, -0.05) is 0 Å². The molecule has 0 aliphatic carbocycles. The lowest BCUT2D eigenvalue weighted by Gasteiger charge is -2.06. The average Bonchev–Trinajstić information content (AvgIpc) is 2.39. The summed E-state index contributed by atoms with van der Waals surface area (Å²) in [7, 11) is 3.21. The summed E-state index contributed by atoms with van der Waals surface area (Å²) >= 11 is 0. The van der Waals surface area contributed by atoms with Crippen molar-refractivity contribution in [3.63, 3.8) is 0 Å². The highest BCUT2D eigenvalue weighted by Gasteiger charge is 2.05. The van der Waals surface area contributed by atoms with Crippen molar-refractivity contribution in [2.45, 2.75) is 0 Å². The van der Waals surface area contributed by atoms with Crippen LogP contribution in [0.25, 0.3) is 11.4 Å². The van der Waals surface area contributed by atoms with Crippen LogP contribution in [0.5, 0.6) is 11.5 Å². The van der Waals surface area contributed by atoms with Crippen molar-refractivity contribution in [2.24, 2.45) is 0 Å². The number of benzene rings is 1. The van der Waals surface area contributed by atoms with Crippen molar-refractivity contribution >= 4 is 0 Å². The van der Waals surface area contributed by atoms with Crippen LogP contribution >= 0.6 is 0 Å². The highest BCUT2D eigenvalue weighted by atomic mass is 16.5. The van der Waals surface area contributed by atoms with Crippen molar-refractivity contribution in [1.29, 1.82) is 0 Å². The predicted octanol–water partition coefficient (Wildman–Crippen LogP) is 1.56. The van der Waals surface area contributed by atoms with Gasteiger partial charge < -0.3 is 9.47 Å². The highest BCUT2D eigenvalue weighted by Crippen LogP contribution is 2.27. The van der Waals surface area contributed by atoms with E-state index in [0.717, 1.165) is 5.56 Å². The van der Waals surface area contributed by atoms with Gasteiger partial charge in [-0.2, -0.15) is 0 Å². The molecule has 0 bridgehead atoms. The molecule has 82 valence electrons. The third kappa shape index (κ3) is 2.08. The molecule has 0 aliphatic rings. The molecular weight excluding hydrogens is 206 g/mol. The maximum Gasteiger partial charge on any atom is 0.162 e. The molecule has 0 saturated heterocycles. The van der Waals surface area contributed by atoms with Crippen molar-refractivity contribution < 1.29 is 9.47 Å². The Balaban J connectivity index is 2.48. The summed E-state index contributed by atoms with van der Waals surface area (Å²) < 4.78 is 10.3. The second-order valence-electron chi connectivity index (χ2n) is 3.06. The summed E-state index contributed by atoms with van der Waals surface area (Å²) in [4.78, 5) is 11.9. The number of nitrogens with zero attached hydrogens (tertiary/aromatic N) is 3. The molecule has 0 amide bonds. The zero-order valence-electron chi connectivity index (χ0n) is 9.04. The number of aromatic nitrogens is 3. The summed E-state index contributed by atoms with van der Waals surface area (Å²) in [6.45, 7) is 0. The summed E-state index contributed by atoms with van der Waals surface area (Å²) in [5, 5.41) is 0. The van der Waals surface area contributed by atoms with E-state index in [9.17, 15) is 0 Å². The number of hydrogen-bond acceptors (Lipinski definition) is 5. The molecule has 0 atom stereocenters. The maximum absolute atomic E-state index is 5.17. The van der Waals surface area contributed by atoms with Gasteiger partial charge >= 0.3 is 0 Å². The van der Waals surface area contributed by atoms with E-state index >= 15 is 0 Å². The molecule has 0 unspecified atom stereocenters. The summed E-state index contributed by atoms with van der Waals surface area (Å²) in [6, 6.07) is 5.49. The SMILES string of the molecule is COc1cc(OC)cc(-c2ncncn2)c1. The van der Waals surface area contributed by atoms with Crippen LogP contribution in [0.4, 0.5) is 0 Å². The monoisotopic (exact) mass is 217 g/mol. The fourth-order valence-corrected chi connectivity index (χ4v) is 1.32. The molecule has 0 radical (unpaired) electrons. The zero-order chi connectivity index (χ0) is 11.4. The smallest absolute Gasteiger partial charge is 0.162 e. The molecule has 2 rings (SSSR count). The summed E-state index contributed by atoms with van der Waals surface area (Å²) in [5.74, 6) is 2.00. The van der Waals surface area contributed by atoms with Gasteiger partial charge in [0.05, 0.1) is 14.2 Å².